The number of rotatable bonds is 5. The van der Waals surface area contributed by atoms with E-state index in [1.807, 2.05) is 55.5 Å². The molecule has 0 unspecified atom stereocenters. The molecule has 0 spiro atoms. The van der Waals surface area contributed by atoms with Crippen LogP contribution in [0.25, 0.3) is 6.08 Å². The van der Waals surface area contributed by atoms with E-state index < -0.39 is 0 Å². The Bertz CT molecular complexity index is 1190. The van der Waals surface area contributed by atoms with Crippen molar-refractivity contribution in [1.29, 1.82) is 0 Å². The summed E-state index contributed by atoms with van der Waals surface area (Å²) >= 11 is 4.39. The Hall–Kier alpha value is -2.27. The maximum Gasteiger partial charge on any atom is 0.280 e. The van der Waals surface area contributed by atoms with Crippen LogP contribution >= 0.6 is 45.2 Å². The van der Waals surface area contributed by atoms with Crippen LogP contribution in [0.3, 0.4) is 0 Å². The van der Waals surface area contributed by atoms with Gasteiger partial charge in [-0.15, -0.1) is 0 Å². The molecule has 1 amide bonds. The topological polar surface area (TPSA) is 41.9 Å². The van der Waals surface area contributed by atoms with Crippen LogP contribution in [-0.2, 0) is 11.4 Å². The highest BCUT2D eigenvalue weighted by molar-refractivity contribution is 14.1. The molecule has 0 aromatic heterocycles. The number of amides is 1. The molecule has 4 rings (SSSR count). The van der Waals surface area contributed by atoms with Crippen molar-refractivity contribution >= 4 is 68.6 Å². The zero-order valence-electron chi connectivity index (χ0n) is 16.5. The SMILES string of the molecule is CC1=NN(c2ccccc2)C(=O)/C1=C/c1cc(I)c(OCc2ccccc2F)c(I)c1. The first-order chi connectivity index (χ1) is 14.9. The van der Waals surface area contributed by atoms with Gasteiger partial charge in [-0.05, 0) is 94.1 Å². The third-order valence-electron chi connectivity index (χ3n) is 4.72. The first-order valence-electron chi connectivity index (χ1n) is 9.46. The highest BCUT2D eigenvalue weighted by Gasteiger charge is 2.28. The lowest BCUT2D eigenvalue weighted by Gasteiger charge is -2.13. The smallest absolute Gasteiger partial charge is 0.280 e. The van der Waals surface area contributed by atoms with Crippen LogP contribution in [-0.4, -0.2) is 11.6 Å². The van der Waals surface area contributed by atoms with E-state index in [-0.39, 0.29) is 18.3 Å². The van der Waals surface area contributed by atoms with Gasteiger partial charge in [-0.3, -0.25) is 4.79 Å². The van der Waals surface area contributed by atoms with Crippen molar-refractivity contribution in [3.05, 3.63) is 96.4 Å². The molecular weight excluding hydrogens is 621 g/mol. The number of carbonyl (C=O) groups excluding carboxylic acids is 1. The van der Waals surface area contributed by atoms with Crippen LogP contribution in [0.2, 0.25) is 0 Å². The first-order valence-corrected chi connectivity index (χ1v) is 11.6. The summed E-state index contributed by atoms with van der Waals surface area (Å²) in [6.45, 7) is 1.98. The van der Waals surface area contributed by atoms with Crippen molar-refractivity contribution in [1.82, 2.24) is 0 Å². The van der Waals surface area contributed by atoms with Crippen molar-refractivity contribution in [3.63, 3.8) is 0 Å². The number of halogens is 3. The minimum Gasteiger partial charge on any atom is -0.487 e. The second kappa shape index (κ2) is 9.47. The van der Waals surface area contributed by atoms with Crippen LogP contribution < -0.4 is 9.75 Å². The normalized spacial score (nSPS) is 14.8. The standard InChI is InChI=1S/C24H17FI2N2O2/c1-15-19(24(30)29(28-15)18-8-3-2-4-9-18)11-16-12-21(26)23(22(27)13-16)31-14-17-7-5-6-10-20(17)25/h2-13H,14H2,1H3/b19-11+. The predicted octanol–water partition coefficient (Wildman–Crippen LogP) is 6.42. The number of nitrogens with zero attached hydrogens (tertiary/aromatic N) is 2. The molecule has 1 aliphatic heterocycles. The molecule has 3 aromatic carbocycles. The molecule has 0 bridgehead atoms. The zero-order valence-corrected chi connectivity index (χ0v) is 20.8. The van der Waals surface area contributed by atoms with E-state index >= 15 is 0 Å². The fourth-order valence-electron chi connectivity index (χ4n) is 3.16. The highest BCUT2D eigenvalue weighted by Crippen LogP contribution is 2.32. The molecule has 0 fully saturated rings. The minimum absolute atomic E-state index is 0.148. The number of benzene rings is 3. The van der Waals surface area contributed by atoms with Gasteiger partial charge in [0.15, 0.2) is 0 Å². The Morgan fingerprint density at radius 2 is 1.68 bits per heavy atom. The minimum atomic E-state index is -0.286. The van der Waals surface area contributed by atoms with Crippen molar-refractivity contribution in [2.24, 2.45) is 5.10 Å². The van der Waals surface area contributed by atoms with E-state index in [0.717, 1.165) is 18.4 Å². The second-order valence-corrected chi connectivity index (χ2v) is 9.21. The van der Waals surface area contributed by atoms with Gasteiger partial charge >= 0.3 is 0 Å². The van der Waals surface area contributed by atoms with Gasteiger partial charge in [-0.25, -0.2) is 4.39 Å². The molecule has 1 heterocycles. The molecule has 1 aliphatic rings. The van der Waals surface area contributed by atoms with Gasteiger partial charge in [-0.1, -0.05) is 36.4 Å². The van der Waals surface area contributed by atoms with E-state index in [4.69, 9.17) is 4.74 Å². The molecule has 0 saturated heterocycles. The number of hydrogen-bond acceptors (Lipinski definition) is 3. The fourth-order valence-corrected chi connectivity index (χ4v) is 5.29. The van der Waals surface area contributed by atoms with Crippen molar-refractivity contribution in [3.8, 4) is 5.75 Å². The van der Waals surface area contributed by atoms with Gasteiger partial charge in [0.2, 0.25) is 0 Å². The van der Waals surface area contributed by atoms with Crippen LogP contribution in [0.4, 0.5) is 10.1 Å². The molecule has 0 atom stereocenters. The van der Waals surface area contributed by atoms with E-state index in [1.165, 1.54) is 11.1 Å². The molecule has 31 heavy (non-hydrogen) atoms. The highest BCUT2D eigenvalue weighted by atomic mass is 127. The number of hydrazone groups is 1. The van der Waals surface area contributed by atoms with E-state index in [0.29, 0.717) is 22.6 Å². The van der Waals surface area contributed by atoms with E-state index in [1.54, 1.807) is 18.2 Å². The van der Waals surface area contributed by atoms with Gasteiger partial charge in [0.05, 0.1) is 24.1 Å². The van der Waals surface area contributed by atoms with Crippen LogP contribution in [0, 0.1) is 13.0 Å². The third kappa shape index (κ3) is 4.82. The molecule has 7 heteroatoms. The Kier molecular flexibility index (Phi) is 6.71. The maximum absolute atomic E-state index is 13.9. The lowest BCUT2D eigenvalue weighted by Crippen LogP contribution is -2.21. The summed E-state index contributed by atoms with van der Waals surface area (Å²) in [4.78, 5) is 12.9. The van der Waals surface area contributed by atoms with Gasteiger partial charge in [0.25, 0.3) is 5.91 Å². The maximum atomic E-state index is 13.9. The van der Waals surface area contributed by atoms with Crippen LogP contribution in [0.15, 0.2) is 77.4 Å². The number of carbonyl (C=O) groups is 1. The van der Waals surface area contributed by atoms with Crippen molar-refractivity contribution in [2.75, 3.05) is 5.01 Å². The van der Waals surface area contributed by atoms with Gasteiger partial charge in [0.1, 0.15) is 18.2 Å². The summed E-state index contributed by atoms with van der Waals surface area (Å²) in [7, 11) is 0. The Morgan fingerprint density at radius 1 is 1.03 bits per heavy atom. The Morgan fingerprint density at radius 3 is 2.35 bits per heavy atom. The first kappa shape index (κ1) is 21.9. The molecule has 0 N–H and O–H groups in total. The average molecular weight is 638 g/mol. The van der Waals surface area contributed by atoms with Gasteiger partial charge in [-0.2, -0.15) is 10.1 Å². The molecular formula is C24H17FI2N2O2. The van der Waals surface area contributed by atoms with Crippen LogP contribution in [0.1, 0.15) is 18.1 Å². The lowest BCUT2D eigenvalue weighted by molar-refractivity contribution is -0.114. The largest absolute Gasteiger partial charge is 0.487 e. The third-order valence-corrected chi connectivity index (χ3v) is 6.33. The summed E-state index contributed by atoms with van der Waals surface area (Å²) in [6.07, 6.45) is 1.84. The van der Waals surface area contributed by atoms with Gasteiger partial charge in [0, 0.05) is 5.56 Å². The monoisotopic (exact) mass is 638 g/mol. The van der Waals surface area contributed by atoms with Crippen molar-refractivity contribution < 1.29 is 13.9 Å². The van der Waals surface area contributed by atoms with E-state index in [2.05, 4.69) is 50.3 Å². The summed E-state index contributed by atoms with van der Waals surface area (Å²) < 4.78 is 21.5. The molecule has 4 nitrogen and oxygen atoms in total. The summed E-state index contributed by atoms with van der Waals surface area (Å²) in [5.74, 6) is 0.251. The summed E-state index contributed by atoms with van der Waals surface area (Å²) in [6, 6.07) is 19.8. The predicted molar refractivity (Wildman–Crippen MR) is 138 cm³/mol. The van der Waals surface area contributed by atoms with Gasteiger partial charge < -0.3 is 4.74 Å². The molecule has 0 radical (unpaired) electrons. The quantitative estimate of drug-likeness (QED) is 0.239. The average Bonchev–Trinajstić information content (AvgIpc) is 3.03. The van der Waals surface area contributed by atoms with E-state index in [9.17, 15) is 9.18 Å². The second-order valence-electron chi connectivity index (χ2n) is 6.89. The molecule has 0 saturated carbocycles. The Labute approximate surface area is 207 Å². The number of para-hydroxylation sites is 1. The molecule has 156 valence electrons. The Balaban J connectivity index is 1.57. The molecule has 0 aliphatic carbocycles. The number of ether oxygens (including phenoxy) is 1. The zero-order chi connectivity index (χ0) is 22.0. The lowest BCUT2D eigenvalue weighted by atomic mass is 10.1. The van der Waals surface area contributed by atoms with Crippen LogP contribution in [0.5, 0.6) is 5.75 Å². The van der Waals surface area contributed by atoms with Crippen molar-refractivity contribution in [2.45, 2.75) is 13.5 Å². The summed E-state index contributed by atoms with van der Waals surface area (Å²) in [5, 5.41) is 5.84. The number of anilines is 1. The number of hydrogen-bond donors (Lipinski definition) is 0. The summed E-state index contributed by atoms with van der Waals surface area (Å²) in [5.41, 5.74) is 3.33. The fraction of sp³-hybridized carbons (Fsp3) is 0.0833. The molecule has 3 aromatic rings.